The van der Waals surface area contributed by atoms with Crippen LogP contribution in [0.5, 0.6) is 0 Å². The van der Waals surface area contributed by atoms with E-state index >= 15 is 0 Å². The highest BCUT2D eigenvalue weighted by Gasteiger charge is 2.37. The van der Waals surface area contributed by atoms with Gasteiger partial charge in [-0.05, 0) is 47.9 Å². The maximum Gasteiger partial charge on any atom is 0.407 e. The first-order valence-electron chi connectivity index (χ1n) is 12.5. The summed E-state index contributed by atoms with van der Waals surface area (Å²) in [7, 11) is 0. The van der Waals surface area contributed by atoms with E-state index in [4.69, 9.17) is 4.74 Å². The van der Waals surface area contributed by atoms with Gasteiger partial charge in [-0.2, -0.15) is 0 Å². The molecule has 1 saturated heterocycles. The van der Waals surface area contributed by atoms with E-state index in [1.807, 2.05) is 45.0 Å². The number of carbonyl (C=O) groups excluding carboxylic acids is 2. The van der Waals surface area contributed by atoms with Crippen molar-refractivity contribution in [2.45, 2.75) is 58.0 Å². The van der Waals surface area contributed by atoms with Crippen LogP contribution < -0.4 is 5.32 Å². The lowest BCUT2D eigenvalue weighted by Gasteiger charge is -2.39. The maximum absolute atomic E-state index is 13.4. The van der Waals surface area contributed by atoms with Crippen molar-refractivity contribution in [1.29, 1.82) is 0 Å². The number of carbonyl (C=O) groups is 3. The van der Waals surface area contributed by atoms with Gasteiger partial charge in [-0.15, -0.1) is 0 Å². The highest BCUT2D eigenvalue weighted by molar-refractivity contribution is 5.86. The summed E-state index contributed by atoms with van der Waals surface area (Å²) < 4.78 is 5.68. The molecule has 1 heterocycles. The summed E-state index contributed by atoms with van der Waals surface area (Å²) in [5.74, 6) is -1.58. The van der Waals surface area contributed by atoms with E-state index in [2.05, 4.69) is 29.6 Å². The second kappa shape index (κ2) is 10.5. The number of aliphatic carboxylic acids is 1. The third-order valence-electron chi connectivity index (χ3n) is 7.60. The van der Waals surface area contributed by atoms with Crippen molar-refractivity contribution in [1.82, 2.24) is 10.2 Å². The van der Waals surface area contributed by atoms with Crippen LogP contribution in [-0.4, -0.2) is 53.2 Å². The van der Waals surface area contributed by atoms with E-state index in [1.165, 1.54) is 0 Å². The van der Waals surface area contributed by atoms with Crippen LogP contribution >= 0.6 is 0 Å². The average molecular weight is 479 g/mol. The monoisotopic (exact) mass is 478 g/mol. The predicted octanol–water partition coefficient (Wildman–Crippen LogP) is 4.65. The van der Waals surface area contributed by atoms with E-state index in [0.717, 1.165) is 22.3 Å². The van der Waals surface area contributed by atoms with Gasteiger partial charge >= 0.3 is 12.1 Å². The zero-order chi connectivity index (χ0) is 25.1. The molecule has 2 amide bonds. The number of rotatable bonds is 7. The smallest absolute Gasteiger partial charge is 0.407 e. The van der Waals surface area contributed by atoms with Gasteiger partial charge in [-0.3, -0.25) is 9.59 Å². The summed E-state index contributed by atoms with van der Waals surface area (Å²) >= 11 is 0. The van der Waals surface area contributed by atoms with E-state index in [-0.39, 0.29) is 30.4 Å². The van der Waals surface area contributed by atoms with Gasteiger partial charge in [-0.1, -0.05) is 68.8 Å². The lowest BCUT2D eigenvalue weighted by atomic mass is 9.90. The number of alkyl carbamates (subject to hydrolysis) is 1. The number of piperidine rings is 1. The lowest BCUT2D eigenvalue weighted by Crippen LogP contribution is -2.56. The minimum absolute atomic E-state index is 0.0547. The van der Waals surface area contributed by atoms with Gasteiger partial charge in [0.2, 0.25) is 5.91 Å². The minimum atomic E-state index is -0.820. The Labute approximate surface area is 206 Å². The number of hydrogen-bond acceptors (Lipinski definition) is 4. The van der Waals surface area contributed by atoms with Crippen molar-refractivity contribution in [3.8, 4) is 11.1 Å². The summed E-state index contributed by atoms with van der Waals surface area (Å²) in [6.07, 6.45) is 0.932. The van der Waals surface area contributed by atoms with Crippen molar-refractivity contribution in [2.75, 3.05) is 13.2 Å². The van der Waals surface area contributed by atoms with Gasteiger partial charge in [-0.25, -0.2) is 4.79 Å². The number of benzene rings is 2. The molecule has 0 radical (unpaired) electrons. The van der Waals surface area contributed by atoms with Gasteiger partial charge in [0, 0.05) is 18.5 Å². The topological polar surface area (TPSA) is 95.9 Å². The Bertz CT molecular complexity index is 1050. The molecule has 1 aliphatic heterocycles. The first kappa shape index (κ1) is 24.8. The first-order valence-corrected chi connectivity index (χ1v) is 12.5. The van der Waals surface area contributed by atoms with Gasteiger partial charge in [0.1, 0.15) is 12.6 Å². The Kier molecular flexibility index (Phi) is 7.43. The largest absolute Gasteiger partial charge is 0.481 e. The summed E-state index contributed by atoms with van der Waals surface area (Å²) in [6.45, 7) is 6.33. The average Bonchev–Trinajstić information content (AvgIpc) is 3.18. The highest BCUT2D eigenvalue weighted by atomic mass is 16.5. The summed E-state index contributed by atoms with van der Waals surface area (Å²) in [4.78, 5) is 39.4. The van der Waals surface area contributed by atoms with E-state index in [0.29, 0.717) is 25.8 Å². The molecule has 2 aromatic rings. The van der Waals surface area contributed by atoms with Crippen LogP contribution in [0.1, 0.15) is 57.1 Å². The molecule has 2 aliphatic rings. The second-order valence-corrected chi connectivity index (χ2v) is 9.77. The molecule has 7 heteroatoms. The van der Waals surface area contributed by atoms with Crippen molar-refractivity contribution >= 4 is 18.0 Å². The number of fused-ring (bicyclic) bond motifs is 3. The molecule has 0 bridgehead atoms. The lowest BCUT2D eigenvalue weighted by molar-refractivity contribution is -0.148. The Morgan fingerprint density at radius 2 is 1.69 bits per heavy atom. The van der Waals surface area contributed by atoms with Crippen molar-refractivity contribution < 1.29 is 24.2 Å². The van der Waals surface area contributed by atoms with Crippen LogP contribution in [0.4, 0.5) is 4.79 Å². The Hall–Kier alpha value is -3.35. The normalized spacial score (nSPS) is 20.9. The van der Waals surface area contributed by atoms with Crippen LogP contribution in [0.15, 0.2) is 48.5 Å². The third kappa shape index (κ3) is 5.04. The molecule has 4 atom stereocenters. The van der Waals surface area contributed by atoms with Crippen LogP contribution in [0.2, 0.25) is 0 Å². The number of amides is 2. The molecule has 4 rings (SSSR count). The number of nitrogens with one attached hydrogen (secondary N) is 1. The van der Waals surface area contributed by atoms with Crippen molar-refractivity contribution in [3.63, 3.8) is 0 Å². The standard InChI is InChI=1S/C28H34N2O5/c1-4-17(2)25(26(31)30-14-13-19(27(32)33)15-18(30)3)29-28(34)35-16-24-22-11-7-5-9-20(22)21-10-6-8-12-23(21)24/h5-12,17-19,24-25H,4,13-16H2,1-3H3,(H,29,34)(H,32,33)/t17?,18?,19?,25-/m0/s1. The number of carboxylic acids is 1. The quantitative estimate of drug-likeness (QED) is 0.604. The van der Waals surface area contributed by atoms with E-state index in [1.54, 1.807) is 4.90 Å². The molecule has 1 aliphatic carbocycles. The zero-order valence-corrected chi connectivity index (χ0v) is 20.6. The number of likely N-dealkylation sites (tertiary alicyclic amines) is 1. The third-order valence-corrected chi connectivity index (χ3v) is 7.60. The fraction of sp³-hybridized carbons (Fsp3) is 0.464. The molecule has 1 fully saturated rings. The van der Waals surface area contributed by atoms with Crippen LogP contribution in [-0.2, 0) is 14.3 Å². The number of hydrogen-bond donors (Lipinski definition) is 2. The summed E-state index contributed by atoms with van der Waals surface area (Å²) in [6, 6.07) is 15.4. The minimum Gasteiger partial charge on any atom is -0.481 e. The van der Waals surface area contributed by atoms with Gasteiger partial charge in [0.15, 0.2) is 0 Å². The maximum atomic E-state index is 13.4. The Balaban J connectivity index is 1.43. The molecular formula is C28H34N2O5. The molecule has 186 valence electrons. The van der Waals surface area contributed by atoms with E-state index in [9.17, 15) is 19.5 Å². The van der Waals surface area contributed by atoms with Crippen molar-refractivity contribution in [2.24, 2.45) is 11.8 Å². The fourth-order valence-corrected chi connectivity index (χ4v) is 5.35. The van der Waals surface area contributed by atoms with Crippen LogP contribution in [0, 0.1) is 11.8 Å². The number of ether oxygens (including phenoxy) is 1. The molecule has 0 aromatic heterocycles. The summed E-state index contributed by atoms with van der Waals surface area (Å²) in [5.41, 5.74) is 4.57. The Morgan fingerprint density at radius 1 is 1.09 bits per heavy atom. The SMILES string of the molecule is CCC(C)[C@H](NC(=O)OCC1c2ccccc2-c2ccccc21)C(=O)N1CCC(C(=O)O)CC1C. The van der Waals surface area contributed by atoms with Crippen molar-refractivity contribution in [3.05, 3.63) is 59.7 Å². The molecular weight excluding hydrogens is 444 g/mol. The van der Waals surface area contributed by atoms with E-state index < -0.39 is 24.0 Å². The molecule has 0 saturated carbocycles. The van der Waals surface area contributed by atoms with Crippen LogP contribution in [0.3, 0.4) is 0 Å². The molecule has 35 heavy (non-hydrogen) atoms. The van der Waals surface area contributed by atoms with Gasteiger partial charge in [0.05, 0.1) is 5.92 Å². The molecule has 3 unspecified atom stereocenters. The van der Waals surface area contributed by atoms with Gasteiger partial charge in [0.25, 0.3) is 0 Å². The highest BCUT2D eigenvalue weighted by Crippen LogP contribution is 2.44. The van der Waals surface area contributed by atoms with Gasteiger partial charge < -0.3 is 20.1 Å². The summed E-state index contributed by atoms with van der Waals surface area (Å²) in [5, 5.41) is 12.2. The molecule has 7 nitrogen and oxygen atoms in total. The number of carboxylic acid groups (broad SMARTS) is 1. The first-order chi connectivity index (χ1) is 16.8. The predicted molar refractivity (Wildman–Crippen MR) is 133 cm³/mol. The Morgan fingerprint density at radius 3 is 2.23 bits per heavy atom. The van der Waals surface area contributed by atoms with Crippen LogP contribution in [0.25, 0.3) is 11.1 Å². The molecule has 2 aromatic carbocycles. The number of nitrogens with zero attached hydrogens (tertiary/aromatic N) is 1. The zero-order valence-electron chi connectivity index (χ0n) is 20.6. The molecule has 2 N–H and O–H groups in total. The second-order valence-electron chi connectivity index (χ2n) is 9.77. The molecule has 0 spiro atoms. The fourth-order valence-electron chi connectivity index (χ4n) is 5.35.